The predicted molar refractivity (Wildman–Crippen MR) is 88.8 cm³/mol. The van der Waals surface area contributed by atoms with Gasteiger partial charge in [-0.25, -0.2) is 0 Å². The Morgan fingerprint density at radius 3 is 2.86 bits per heavy atom. The van der Waals surface area contributed by atoms with Crippen LogP contribution in [0.4, 0.5) is 5.69 Å². The standard InChI is InChI=1S/C18H26N2O2/c1-3-4-5-6-10-19-18(22)15-12-17(21)20(13-15)16-9-7-8-14(2)11-16/h7-9,11,15H,3-6,10,12-13H2,1-2H3,(H,19,22). The largest absolute Gasteiger partial charge is 0.356 e. The van der Waals surface area contributed by atoms with E-state index in [0.29, 0.717) is 19.5 Å². The number of nitrogens with one attached hydrogen (secondary N) is 1. The average Bonchev–Trinajstić information content (AvgIpc) is 2.89. The molecule has 1 aliphatic rings. The van der Waals surface area contributed by atoms with E-state index in [1.165, 1.54) is 12.8 Å². The second-order valence-corrected chi connectivity index (χ2v) is 6.10. The minimum Gasteiger partial charge on any atom is -0.356 e. The molecule has 1 aromatic carbocycles. The van der Waals surface area contributed by atoms with Gasteiger partial charge in [-0.05, 0) is 31.0 Å². The Kier molecular flexibility index (Phi) is 5.99. The highest BCUT2D eigenvalue weighted by Gasteiger charge is 2.34. The lowest BCUT2D eigenvalue weighted by atomic mass is 10.1. The van der Waals surface area contributed by atoms with Crippen molar-refractivity contribution in [2.24, 2.45) is 5.92 Å². The summed E-state index contributed by atoms with van der Waals surface area (Å²) in [6, 6.07) is 7.86. The van der Waals surface area contributed by atoms with Crippen LogP contribution in [-0.4, -0.2) is 24.9 Å². The molecule has 0 aliphatic carbocycles. The van der Waals surface area contributed by atoms with Crippen LogP contribution in [0.25, 0.3) is 0 Å². The molecule has 4 heteroatoms. The zero-order valence-corrected chi connectivity index (χ0v) is 13.6. The van der Waals surface area contributed by atoms with Crippen LogP contribution >= 0.6 is 0 Å². The van der Waals surface area contributed by atoms with Crippen LogP contribution in [0.2, 0.25) is 0 Å². The predicted octanol–water partition coefficient (Wildman–Crippen LogP) is 3.04. The monoisotopic (exact) mass is 302 g/mol. The quantitative estimate of drug-likeness (QED) is 0.787. The summed E-state index contributed by atoms with van der Waals surface area (Å²) in [5.41, 5.74) is 2.01. The van der Waals surface area contributed by atoms with Crippen LogP contribution in [0.1, 0.15) is 44.6 Å². The van der Waals surface area contributed by atoms with Crippen LogP contribution in [0.3, 0.4) is 0 Å². The average molecular weight is 302 g/mol. The van der Waals surface area contributed by atoms with Crippen molar-refractivity contribution >= 4 is 17.5 Å². The molecule has 1 saturated heterocycles. The van der Waals surface area contributed by atoms with E-state index in [-0.39, 0.29) is 17.7 Å². The molecule has 2 rings (SSSR count). The SMILES string of the molecule is CCCCCCNC(=O)C1CC(=O)N(c2cccc(C)c2)C1. The van der Waals surface area contributed by atoms with Crippen molar-refractivity contribution in [3.63, 3.8) is 0 Å². The summed E-state index contributed by atoms with van der Waals surface area (Å²) in [6.45, 7) is 5.38. The highest BCUT2D eigenvalue weighted by atomic mass is 16.2. The summed E-state index contributed by atoms with van der Waals surface area (Å²) in [7, 11) is 0. The van der Waals surface area contributed by atoms with Gasteiger partial charge < -0.3 is 10.2 Å². The third kappa shape index (κ3) is 4.33. The van der Waals surface area contributed by atoms with E-state index in [9.17, 15) is 9.59 Å². The Labute approximate surface area is 132 Å². The Hall–Kier alpha value is -1.84. The fourth-order valence-corrected chi connectivity index (χ4v) is 2.84. The molecule has 120 valence electrons. The topological polar surface area (TPSA) is 49.4 Å². The first-order valence-corrected chi connectivity index (χ1v) is 8.26. The number of rotatable bonds is 7. The first-order chi connectivity index (χ1) is 10.6. The first-order valence-electron chi connectivity index (χ1n) is 8.26. The van der Waals surface area contributed by atoms with Gasteiger partial charge in [-0.15, -0.1) is 0 Å². The molecule has 1 N–H and O–H groups in total. The number of carbonyl (C=O) groups excluding carboxylic acids is 2. The van der Waals surface area contributed by atoms with Gasteiger partial charge in [-0.3, -0.25) is 9.59 Å². The van der Waals surface area contributed by atoms with E-state index in [0.717, 1.165) is 24.1 Å². The summed E-state index contributed by atoms with van der Waals surface area (Å²) < 4.78 is 0. The van der Waals surface area contributed by atoms with E-state index in [1.54, 1.807) is 4.90 Å². The maximum atomic E-state index is 12.2. The molecule has 1 aliphatic heterocycles. The molecule has 0 aromatic heterocycles. The van der Waals surface area contributed by atoms with Crippen LogP contribution in [0, 0.1) is 12.8 Å². The van der Waals surface area contributed by atoms with E-state index in [2.05, 4.69) is 12.2 Å². The molecule has 1 fully saturated rings. The van der Waals surface area contributed by atoms with Crippen molar-refractivity contribution in [1.29, 1.82) is 0 Å². The summed E-state index contributed by atoms with van der Waals surface area (Å²) in [5, 5.41) is 2.97. The van der Waals surface area contributed by atoms with Gasteiger partial charge in [0, 0.05) is 25.2 Å². The number of hydrogen-bond donors (Lipinski definition) is 1. The highest BCUT2D eigenvalue weighted by Crippen LogP contribution is 2.25. The third-order valence-electron chi connectivity index (χ3n) is 4.14. The first kappa shape index (κ1) is 16.5. The Balaban J connectivity index is 1.85. The highest BCUT2D eigenvalue weighted by molar-refractivity contribution is 6.00. The van der Waals surface area contributed by atoms with Crippen molar-refractivity contribution in [1.82, 2.24) is 5.32 Å². The molecule has 0 spiro atoms. The summed E-state index contributed by atoms with van der Waals surface area (Å²) in [4.78, 5) is 26.1. The molecule has 22 heavy (non-hydrogen) atoms. The van der Waals surface area contributed by atoms with E-state index >= 15 is 0 Å². The molecule has 1 aromatic rings. The smallest absolute Gasteiger partial charge is 0.227 e. The minimum absolute atomic E-state index is 0.0139. The Morgan fingerprint density at radius 2 is 2.14 bits per heavy atom. The molecule has 2 amide bonds. The van der Waals surface area contributed by atoms with Crippen molar-refractivity contribution in [3.8, 4) is 0 Å². The third-order valence-corrected chi connectivity index (χ3v) is 4.14. The van der Waals surface area contributed by atoms with Crippen LogP contribution in [-0.2, 0) is 9.59 Å². The number of hydrogen-bond acceptors (Lipinski definition) is 2. The van der Waals surface area contributed by atoms with Crippen molar-refractivity contribution < 1.29 is 9.59 Å². The van der Waals surface area contributed by atoms with Crippen molar-refractivity contribution in [2.75, 3.05) is 18.0 Å². The number of benzene rings is 1. The summed E-state index contributed by atoms with van der Waals surface area (Å²) in [6.07, 6.45) is 4.88. The van der Waals surface area contributed by atoms with Gasteiger partial charge in [0.2, 0.25) is 11.8 Å². The van der Waals surface area contributed by atoms with Gasteiger partial charge in [0.25, 0.3) is 0 Å². The summed E-state index contributed by atoms with van der Waals surface area (Å²) >= 11 is 0. The zero-order chi connectivity index (χ0) is 15.9. The van der Waals surface area contributed by atoms with E-state index in [1.807, 2.05) is 31.2 Å². The molecule has 1 heterocycles. The minimum atomic E-state index is -0.223. The maximum absolute atomic E-state index is 12.2. The lowest BCUT2D eigenvalue weighted by Gasteiger charge is -2.17. The maximum Gasteiger partial charge on any atom is 0.227 e. The Bertz CT molecular complexity index is 528. The fourth-order valence-electron chi connectivity index (χ4n) is 2.84. The lowest BCUT2D eigenvalue weighted by Crippen LogP contribution is -2.33. The van der Waals surface area contributed by atoms with Gasteiger partial charge in [0.05, 0.1) is 5.92 Å². The van der Waals surface area contributed by atoms with Gasteiger partial charge in [0.1, 0.15) is 0 Å². The molecular formula is C18H26N2O2. The van der Waals surface area contributed by atoms with Crippen LogP contribution < -0.4 is 10.2 Å². The second-order valence-electron chi connectivity index (χ2n) is 6.10. The molecular weight excluding hydrogens is 276 g/mol. The second kappa shape index (κ2) is 7.97. The van der Waals surface area contributed by atoms with Crippen LogP contribution in [0.5, 0.6) is 0 Å². The lowest BCUT2D eigenvalue weighted by molar-refractivity contribution is -0.126. The Morgan fingerprint density at radius 1 is 1.32 bits per heavy atom. The van der Waals surface area contributed by atoms with E-state index < -0.39 is 0 Å². The van der Waals surface area contributed by atoms with Crippen molar-refractivity contribution in [3.05, 3.63) is 29.8 Å². The molecule has 0 radical (unpaired) electrons. The molecule has 0 bridgehead atoms. The number of carbonyl (C=O) groups is 2. The number of nitrogens with zero attached hydrogens (tertiary/aromatic N) is 1. The number of unbranched alkanes of at least 4 members (excludes halogenated alkanes) is 3. The van der Waals surface area contributed by atoms with Gasteiger partial charge in [-0.1, -0.05) is 38.3 Å². The van der Waals surface area contributed by atoms with Gasteiger partial charge in [0.15, 0.2) is 0 Å². The van der Waals surface area contributed by atoms with Gasteiger partial charge >= 0.3 is 0 Å². The normalized spacial score (nSPS) is 17.8. The van der Waals surface area contributed by atoms with Crippen LogP contribution in [0.15, 0.2) is 24.3 Å². The number of aryl methyl sites for hydroxylation is 1. The number of amides is 2. The van der Waals surface area contributed by atoms with Gasteiger partial charge in [-0.2, -0.15) is 0 Å². The molecule has 0 saturated carbocycles. The number of anilines is 1. The molecule has 4 nitrogen and oxygen atoms in total. The molecule has 1 atom stereocenters. The van der Waals surface area contributed by atoms with E-state index in [4.69, 9.17) is 0 Å². The fraction of sp³-hybridized carbons (Fsp3) is 0.556. The zero-order valence-electron chi connectivity index (χ0n) is 13.6. The summed E-state index contributed by atoms with van der Waals surface area (Å²) in [5.74, 6) is -0.170. The molecule has 1 unspecified atom stereocenters. The van der Waals surface area contributed by atoms with Crippen molar-refractivity contribution in [2.45, 2.75) is 46.0 Å².